The van der Waals surface area contributed by atoms with Gasteiger partial charge in [-0.2, -0.15) is 0 Å². The molecule has 1 aliphatic heterocycles. The highest BCUT2D eigenvalue weighted by Gasteiger charge is 2.23. The maximum Gasteiger partial charge on any atom is 0.223 e. The molecule has 0 fully saturated rings. The molecule has 5 heteroatoms. The zero-order chi connectivity index (χ0) is 13.0. The van der Waals surface area contributed by atoms with E-state index < -0.39 is 0 Å². The van der Waals surface area contributed by atoms with Gasteiger partial charge < -0.3 is 15.8 Å². The molecule has 1 heterocycles. The molecule has 4 nitrogen and oxygen atoms in total. The molecular weight excluding hydrogens is 264 g/mol. The first-order valence-electron chi connectivity index (χ1n) is 6.39. The number of fused-ring (bicyclic) bond motifs is 1. The maximum atomic E-state index is 11.8. The summed E-state index contributed by atoms with van der Waals surface area (Å²) in [6, 6.07) is 8.17. The van der Waals surface area contributed by atoms with Gasteiger partial charge in [0, 0.05) is 12.6 Å². The van der Waals surface area contributed by atoms with Gasteiger partial charge in [0.1, 0.15) is 0 Å². The quantitative estimate of drug-likeness (QED) is 0.882. The third-order valence-electron chi connectivity index (χ3n) is 3.22. The number of amides is 1. The molecule has 0 saturated heterocycles. The predicted molar refractivity (Wildman–Crippen MR) is 77.4 cm³/mol. The number of nitrogens with two attached hydrogens (primary N) is 1. The molecule has 1 unspecified atom stereocenters. The van der Waals surface area contributed by atoms with Crippen LogP contribution in [0, 0.1) is 0 Å². The monoisotopic (exact) mass is 284 g/mol. The molecular formula is C14H21ClN2O2. The SMILES string of the molecule is C[C@@H](CN)NC(=O)CC1OCCc2ccccc21.Cl. The topological polar surface area (TPSA) is 64.3 Å². The van der Waals surface area contributed by atoms with Crippen LogP contribution in [-0.2, 0) is 16.0 Å². The van der Waals surface area contributed by atoms with Crippen molar-refractivity contribution >= 4 is 18.3 Å². The molecule has 1 amide bonds. The number of benzene rings is 1. The van der Waals surface area contributed by atoms with E-state index in [2.05, 4.69) is 11.4 Å². The number of hydrogen-bond acceptors (Lipinski definition) is 3. The Morgan fingerprint density at radius 2 is 2.26 bits per heavy atom. The first kappa shape index (κ1) is 16.0. The van der Waals surface area contributed by atoms with Crippen LogP contribution in [0.15, 0.2) is 24.3 Å². The maximum absolute atomic E-state index is 11.8. The second-order valence-corrected chi connectivity index (χ2v) is 4.72. The minimum Gasteiger partial charge on any atom is -0.373 e. The van der Waals surface area contributed by atoms with Crippen molar-refractivity contribution in [1.82, 2.24) is 5.32 Å². The second kappa shape index (κ2) is 7.48. The number of hydrogen-bond donors (Lipinski definition) is 2. The van der Waals surface area contributed by atoms with Crippen LogP contribution in [-0.4, -0.2) is 25.1 Å². The van der Waals surface area contributed by atoms with E-state index in [9.17, 15) is 4.79 Å². The Morgan fingerprint density at radius 3 is 3.00 bits per heavy atom. The predicted octanol–water partition coefficient (Wildman–Crippen LogP) is 1.58. The molecule has 0 radical (unpaired) electrons. The number of carbonyl (C=O) groups excluding carboxylic acids is 1. The lowest BCUT2D eigenvalue weighted by Crippen LogP contribution is -2.38. The number of ether oxygens (including phenoxy) is 1. The highest BCUT2D eigenvalue weighted by molar-refractivity contribution is 5.85. The van der Waals surface area contributed by atoms with E-state index in [-0.39, 0.29) is 30.5 Å². The summed E-state index contributed by atoms with van der Waals surface area (Å²) in [5.41, 5.74) is 7.91. The molecule has 2 rings (SSSR count). The molecule has 0 aliphatic carbocycles. The van der Waals surface area contributed by atoms with Crippen LogP contribution in [0.1, 0.15) is 30.6 Å². The molecule has 3 N–H and O–H groups in total. The van der Waals surface area contributed by atoms with Crippen molar-refractivity contribution in [1.29, 1.82) is 0 Å². The van der Waals surface area contributed by atoms with Gasteiger partial charge in [-0.3, -0.25) is 4.79 Å². The molecule has 0 aromatic heterocycles. The van der Waals surface area contributed by atoms with E-state index in [1.54, 1.807) is 0 Å². The van der Waals surface area contributed by atoms with Gasteiger partial charge in [0.2, 0.25) is 5.91 Å². The number of carbonyl (C=O) groups is 1. The van der Waals surface area contributed by atoms with Crippen LogP contribution in [0.5, 0.6) is 0 Å². The Kier molecular flexibility index (Phi) is 6.28. The van der Waals surface area contributed by atoms with Crippen molar-refractivity contribution in [2.45, 2.75) is 31.9 Å². The third-order valence-corrected chi connectivity index (χ3v) is 3.22. The smallest absolute Gasteiger partial charge is 0.223 e. The molecule has 106 valence electrons. The fourth-order valence-corrected chi connectivity index (χ4v) is 2.21. The number of halogens is 1. The minimum absolute atomic E-state index is 0. The first-order valence-corrected chi connectivity index (χ1v) is 6.39. The highest BCUT2D eigenvalue weighted by atomic mass is 35.5. The van der Waals surface area contributed by atoms with Gasteiger partial charge in [0.25, 0.3) is 0 Å². The average Bonchev–Trinajstić information content (AvgIpc) is 2.39. The number of rotatable bonds is 4. The van der Waals surface area contributed by atoms with Gasteiger partial charge in [-0.25, -0.2) is 0 Å². The average molecular weight is 285 g/mol. The molecule has 0 saturated carbocycles. The van der Waals surface area contributed by atoms with E-state index in [1.165, 1.54) is 5.56 Å². The lowest BCUT2D eigenvalue weighted by Gasteiger charge is -2.26. The van der Waals surface area contributed by atoms with Crippen molar-refractivity contribution < 1.29 is 9.53 Å². The summed E-state index contributed by atoms with van der Waals surface area (Å²) in [6.07, 6.45) is 1.16. The van der Waals surface area contributed by atoms with E-state index in [4.69, 9.17) is 10.5 Å². The van der Waals surface area contributed by atoms with Gasteiger partial charge in [0.05, 0.1) is 19.1 Å². The molecule has 19 heavy (non-hydrogen) atoms. The first-order chi connectivity index (χ1) is 8.70. The Balaban J connectivity index is 0.00000180. The lowest BCUT2D eigenvalue weighted by molar-refractivity contribution is -0.125. The van der Waals surface area contributed by atoms with Crippen molar-refractivity contribution in [2.24, 2.45) is 5.73 Å². The summed E-state index contributed by atoms with van der Waals surface area (Å²) in [6.45, 7) is 3.03. The summed E-state index contributed by atoms with van der Waals surface area (Å²) >= 11 is 0. The van der Waals surface area contributed by atoms with Crippen molar-refractivity contribution in [2.75, 3.05) is 13.2 Å². The van der Waals surface area contributed by atoms with Crippen molar-refractivity contribution in [3.05, 3.63) is 35.4 Å². The van der Waals surface area contributed by atoms with Crippen LogP contribution in [0.2, 0.25) is 0 Å². The normalized spacial score (nSPS) is 18.9. The second-order valence-electron chi connectivity index (χ2n) is 4.72. The number of nitrogens with one attached hydrogen (secondary N) is 1. The fourth-order valence-electron chi connectivity index (χ4n) is 2.21. The molecule has 0 spiro atoms. The fraction of sp³-hybridized carbons (Fsp3) is 0.500. The van der Waals surface area contributed by atoms with Crippen LogP contribution in [0.3, 0.4) is 0 Å². The summed E-state index contributed by atoms with van der Waals surface area (Å²) in [4.78, 5) is 11.8. The van der Waals surface area contributed by atoms with E-state index in [0.717, 1.165) is 12.0 Å². The Morgan fingerprint density at radius 1 is 1.53 bits per heavy atom. The summed E-state index contributed by atoms with van der Waals surface area (Å²) < 4.78 is 5.70. The van der Waals surface area contributed by atoms with Crippen molar-refractivity contribution in [3.8, 4) is 0 Å². The van der Waals surface area contributed by atoms with Crippen LogP contribution >= 0.6 is 12.4 Å². The minimum atomic E-state index is -0.125. The molecule has 1 aromatic carbocycles. The summed E-state index contributed by atoms with van der Waals surface area (Å²) in [5, 5.41) is 2.86. The van der Waals surface area contributed by atoms with Gasteiger partial charge in [-0.15, -0.1) is 12.4 Å². The van der Waals surface area contributed by atoms with Crippen LogP contribution in [0.25, 0.3) is 0 Å². The van der Waals surface area contributed by atoms with E-state index in [1.807, 2.05) is 25.1 Å². The van der Waals surface area contributed by atoms with E-state index in [0.29, 0.717) is 19.6 Å². The largest absolute Gasteiger partial charge is 0.373 e. The third kappa shape index (κ3) is 4.20. The molecule has 1 aliphatic rings. The van der Waals surface area contributed by atoms with Gasteiger partial charge in [-0.1, -0.05) is 24.3 Å². The van der Waals surface area contributed by atoms with E-state index >= 15 is 0 Å². The highest BCUT2D eigenvalue weighted by Crippen LogP contribution is 2.29. The van der Waals surface area contributed by atoms with Crippen LogP contribution in [0.4, 0.5) is 0 Å². The lowest BCUT2D eigenvalue weighted by atomic mass is 9.95. The van der Waals surface area contributed by atoms with Crippen molar-refractivity contribution in [3.63, 3.8) is 0 Å². The Hall–Kier alpha value is -1.10. The Bertz CT molecular complexity index is 426. The Labute approximate surface area is 120 Å². The standard InChI is InChI=1S/C14H20N2O2.ClH/c1-10(9-15)16-14(17)8-13-12-5-3-2-4-11(12)6-7-18-13;/h2-5,10,13H,6-9,15H2,1H3,(H,16,17);1H/t10-,13?;/m0./s1. The molecule has 1 aromatic rings. The molecule has 2 atom stereocenters. The van der Waals surface area contributed by atoms with Gasteiger partial charge >= 0.3 is 0 Å². The zero-order valence-corrected chi connectivity index (χ0v) is 11.9. The van der Waals surface area contributed by atoms with Crippen LogP contribution < -0.4 is 11.1 Å². The van der Waals surface area contributed by atoms with Gasteiger partial charge in [-0.05, 0) is 24.5 Å². The molecule has 0 bridgehead atoms. The van der Waals surface area contributed by atoms with Gasteiger partial charge in [0.15, 0.2) is 0 Å². The summed E-state index contributed by atoms with van der Waals surface area (Å²) in [5.74, 6) is -0.00495. The summed E-state index contributed by atoms with van der Waals surface area (Å²) in [7, 11) is 0. The zero-order valence-electron chi connectivity index (χ0n) is 11.1.